The van der Waals surface area contributed by atoms with Crippen LogP contribution < -0.4 is 0 Å². The molecule has 16 heavy (non-hydrogen) atoms. The molecule has 0 saturated carbocycles. The van der Waals surface area contributed by atoms with Gasteiger partial charge < -0.3 is 10.2 Å². The van der Waals surface area contributed by atoms with E-state index in [0.29, 0.717) is 6.42 Å². The Morgan fingerprint density at radius 3 is 2.50 bits per heavy atom. The number of carboxylic acids is 1. The first-order valence-electron chi connectivity index (χ1n) is 5.50. The highest BCUT2D eigenvalue weighted by molar-refractivity contribution is 5.96. The fraction of sp³-hybridized carbons (Fsp3) is 0.667. The minimum atomic E-state index is -1.02. The summed E-state index contributed by atoms with van der Waals surface area (Å²) in [6.45, 7) is 2.06. The molecule has 1 unspecified atom stereocenters. The Kier molecular flexibility index (Phi) is 8.18. The van der Waals surface area contributed by atoms with Crippen LogP contribution in [0, 0.1) is 11.8 Å². The van der Waals surface area contributed by atoms with Crippen LogP contribution in [0.25, 0.3) is 0 Å². The molecule has 0 aromatic heterocycles. The molecule has 4 nitrogen and oxygen atoms in total. The molecule has 0 radical (unpaired) electrons. The van der Waals surface area contributed by atoms with Gasteiger partial charge >= 0.3 is 5.97 Å². The fourth-order valence-electron chi connectivity index (χ4n) is 1.11. The van der Waals surface area contributed by atoms with E-state index in [0.717, 1.165) is 19.3 Å². The fourth-order valence-corrected chi connectivity index (χ4v) is 1.11. The van der Waals surface area contributed by atoms with Crippen LogP contribution in [0.3, 0.4) is 0 Å². The molecular formula is C12H18O4. The lowest BCUT2D eigenvalue weighted by molar-refractivity contribution is -0.138. The number of ketones is 1. The Morgan fingerprint density at radius 1 is 1.25 bits per heavy atom. The molecule has 0 aromatic rings. The summed E-state index contributed by atoms with van der Waals surface area (Å²) in [7, 11) is 0. The van der Waals surface area contributed by atoms with Crippen LogP contribution in [0.1, 0.15) is 45.4 Å². The average molecular weight is 226 g/mol. The van der Waals surface area contributed by atoms with Crippen LogP contribution in [-0.2, 0) is 9.59 Å². The number of unbranched alkanes of at least 4 members (excludes halogenated alkanes) is 2. The summed E-state index contributed by atoms with van der Waals surface area (Å²) in [5.74, 6) is 3.24. The van der Waals surface area contributed by atoms with Gasteiger partial charge in [-0.25, -0.2) is 0 Å². The predicted octanol–water partition coefficient (Wildman–Crippen LogP) is 1.36. The van der Waals surface area contributed by atoms with Crippen molar-refractivity contribution in [3.8, 4) is 11.8 Å². The highest BCUT2D eigenvalue weighted by Gasteiger charge is 2.03. The van der Waals surface area contributed by atoms with Gasteiger partial charge in [0.25, 0.3) is 0 Å². The van der Waals surface area contributed by atoms with Crippen LogP contribution >= 0.6 is 0 Å². The summed E-state index contributed by atoms with van der Waals surface area (Å²) in [5, 5.41) is 17.7. The Balaban J connectivity index is 3.79. The van der Waals surface area contributed by atoms with E-state index in [9.17, 15) is 14.7 Å². The third-order valence-electron chi connectivity index (χ3n) is 2.03. The van der Waals surface area contributed by atoms with Crippen molar-refractivity contribution in [3.63, 3.8) is 0 Å². The Labute approximate surface area is 95.7 Å². The lowest BCUT2D eigenvalue weighted by Gasteiger charge is -2.00. The maximum atomic E-state index is 11.0. The zero-order valence-electron chi connectivity index (χ0n) is 9.53. The lowest BCUT2D eigenvalue weighted by atomic mass is 10.1. The number of carbonyl (C=O) groups is 2. The minimum Gasteiger partial charge on any atom is -0.481 e. The molecule has 1 atom stereocenters. The molecule has 0 aliphatic heterocycles. The summed E-state index contributed by atoms with van der Waals surface area (Å²) >= 11 is 0. The van der Waals surface area contributed by atoms with Crippen molar-refractivity contribution < 1.29 is 19.8 Å². The topological polar surface area (TPSA) is 74.6 Å². The highest BCUT2D eigenvalue weighted by Crippen LogP contribution is 2.02. The van der Waals surface area contributed by atoms with E-state index in [-0.39, 0.29) is 12.8 Å². The standard InChI is InChI=1S/C12H18O4/c1-2-3-4-5-10(13)6-7-11(14)8-9-12(15)16/h10,13H,2-5,8-9H2,1H3,(H,15,16). The molecular weight excluding hydrogens is 208 g/mol. The summed E-state index contributed by atoms with van der Waals surface area (Å²) < 4.78 is 0. The number of rotatable bonds is 7. The normalized spacial score (nSPS) is 11.4. The van der Waals surface area contributed by atoms with Crippen molar-refractivity contribution in [2.24, 2.45) is 0 Å². The zero-order chi connectivity index (χ0) is 12.4. The van der Waals surface area contributed by atoms with E-state index in [1.54, 1.807) is 0 Å². The third-order valence-corrected chi connectivity index (χ3v) is 2.03. The van der Waals surface area contributed by atoms with Gasteiger partial charge in [-0.3, -0.25) is 9.59 Å². The van der Waals surface area contributed by atoms with E-state index in [4.69, 9.17) is 5.11 Å². The third kappa shape index (κ3) is 9.22. The van der Waals surface area contributed by atoms with E-state index in [1.165, 1.54) is 0 Å². The average Bonchev–Trinajstić information content (AvgIpc) is 2.24. The van der Waals surface area contributed by atoms with E-state index < -0.39 is 17.9 Å². The summed E-state index contributed by atoms with van der Waals surface area (Å²) in [6, 6.07) is 0. The highest BCUT2D eigenvalue weighted by atomic mass is 16.4. The first kappa shape index (κ1) is 14.7. The number of aliphatic carboxylic acids is 1. The van der Waals surface area contributed by atoms with Crippen LogP contribution in [0.5, 0.6) is 0 Å². The van der Waals surface area contributed by atoms with Crippen molar-refractivity contribution in [1.82, 2.24) is 0 Å². The maximum absolute atomic E-state index is 11.0. The first-order valence-corrected chi connectivity index (χ1v) is 5.50. The molecule has 90 valence electrons. The molecule has 2 N–H and O–H groups in total. The molecule has 0 rings (SSSR count). The number of aliphatic hydroxyl groups is 1. The zero-order valence-corrected chi connectivity index (χ0v) is 9.53. The van der Waals surface area contributed by atoms with Gasteiger partial charge in [0.2, 0.25) is 5.78 Å². The van der Waals surface area contributed by atoms with Crippen LogP contribution in [0.15, 0.2) is 0 Å². The van der Waals surface area contributed by atoms with Crippen LogP contribution in [-0.4, -0.2) is 28.1 Å². The number of hydrogen-bond donors (Lipinski definition) is 2. The van der Waals surface area contributed by atoms with Crippen molar-refractivity contribution in [1.29, 1.82) is 0 Å². The Bertz CT molecular complexity index is 285. The monoisotopic (exact) mass is 226 g/mol. The Hall–Kier alpha value is -1.34. The van der Waals surface area contributed by atoms with Crippen LogP contribution in [0.4, 0.5) is 0 Å². The lowest BCUT2D eigenvalue weighted by Crippen LogP contribution is -2.05. The van der Waals surface area contributed by atoms with Gasteiger partial charge in [0.1, 0.15) is 6.10 Å². The molecule has 0 heterocycles. The summed E-state index contributed by atoms with van der Waals surface area (Å²) in [4.78, 5) is 21.2. The van der Waals surface area contributed by atoms with Crippen molar-refractivity contribution in [3.05, 3.63) is 0 Å². The Morgan fingerprint density at radius 2 is 1.94 bits per heavy atom. The quantitative estimate of drug-likeness (QED) is 0.390. The van der Waals surface area contributed by atoms with Gasteiger partial charge in [-0.05, 0) is 18.8 Å². The second-order valence-corrected chi connectivity index (χ2v) is 3.60. The molecule has 0 aromatic carbocycles. The van der Waals surface area contributed by atoms with E-state index >= 15 is 0 Å². The summed E-state index contributed by atoms with van der Waals surface area (Å²) in [5.41, 5.74) is 0. The second-order valence-electron chi connectivity index (χ2n) is 3.60. The minimum absolute atomic E-state index is 0.0932. The van der Waals surface area contributed by atoms with Crippen molar-refractivity contribution in [2.75, 3.05) is 0 Å². The number of carbonyl (C=O) groups excluding carboxylic acids is 1. The summed E-state index contributed by atoms with van der Waals surface area (Å²) in [6.07, 6.45) is 2.47. The van der Waals surface area contributed by atoms with Crippen LogP contribution in [0.2, 0.25) is 0 Å². The van der Waals surface area contributed by atoms with Gasteiger partial charge in [0, 0.05) is 6.42 Å². The molecule has 0 aliphatic carbocycles. The maximum Gasteiger partial charge on any atom is 0.303 e. The molecule has 0 fully saturated rings. The number of Topliss-reactive ketones (excluding diaryl/α,β-unsaturated/α-hetero) is 1. The smallest absolute Gasteiger partial charge is 0.303 e. The molecule has 0 aliphatic rings. The molecule has 0 saturated heterocycles. The van der Waals surface area contributed by atoms with Crippen molar-refractivity contribution >= 4 is 11.8 Å². The molecule has 0 amide bonds. The van der Waals surface area contributed by atoms with Gasteiger partial charge in [0.05, 0.1) is 6.42 Å². The second kappa shape index (κ2) is 8.93. The van der Waals surface area contributed by atoms with E-state index in [2.05, 4.69) is 18.8 Å². The van der Waals surface area contributed by atoms with Gasteiger partial charge in [-0.15, -0.1) is 0 Å². The largest absolute Gasteiger partial charge is 0.481 e. The number of carboxylic acid groups (broad SMARTS) is 1. The SMILES string of the molecule is CCCCCC(O)C#CC(=O)CCC(=O)O. The van der Waals surface area contributed by atoms with Gasteiger partial charge in [-0.2, -0.15) is 0 Å². The molecule has 0 spiro atoms. The van der Waals surface area contributed by atoms with Crippen molar-refractivity contribution in [2.45, 2.75) is 51.6 Å². The predicted molar refractivity (Wildman–Crippen MR) is 59.8 cm³/mol. The van der Waals surface area contributed by atoms with E-state index in [1.807, 2.05) is 0 Å². The number of aliphatic hydroxyl groups excluding tert-OH is 1. The number of hydrogen-bond acceptors (Lipinski definition) is 3. The molecule has 4 heteroatoms. The first-order chi connectivity index (χ1) is 7.56. The van der Waals surface area contributed by atoms with Gasteiger partial charge in [0.15, 0.2) is 0 Å². The van der Waals surface area contributed by atoms with Gasteiger partial charge in [-0.1, -0.05) is 25.7 Å². The molecule has 0 bridgehead atoms.